The lowest BCUT2D eigenvalue weighted by Crippen LogP contribution is -2.49. The molecule has 0 radical (unpaired) electrons. The highest BCUT2D eigenvalue weighted by Gasteiger charge is 2.24. The zero-order chi connectivity index (χ0) is 21.4. The monoisotopic (exact) mass is 424 g/mol. The van der Waals surface area contributed by atoms with Crippen molar-refractivity contribution in [3.63, 3.8) is 0 Å². The second-order valence-electron chi connectivity index (χ2n) is 8.35. The van der Waals surface area contributed by atoms with Gasteiger partial charge in [-0.1, -0.05) is 43.7 Å². The normalized spacial score (nSPS) is 15.3. The number of rotatable bonds is 4. The molecule has 0 unspecified atom stereocenters. The fraction of sp³-hybridized carbons (Fsp3) is 0.435. The summed E-state index contributed by atoms with van der Waals surface area (Å²) >= 11 is 1.57. The summed E-state index contributed by atoms with van der Waals surface area (Å²) in [6.45, 7) is 11.6. The molecular formula is C23H28N4O2S. The Morgan fingerprint density at radius 2 is 1.80 bits per heavy atom. The molecule has 1 aromatic carbocycles. The van der Waals surface area contributed by atoms with Gasteiger partial charge in [-0.3, -0.25) is 14.5 Å². The van der Waals surface area contributed by atoms with Gasteiger partial charge < -0.3 is 9.88 Å². The number of thiophene rings is 1. The summed E-state index contributed by atoms with van der Waals surface area (Å²) in [7, 11) is 0. The van der Waals surface area contributed by atoms with E-state index < -0.39 is 0 Å². The molecule has 158 valence electrons. The number of nitrogens with zero attached hydrogens (tertiary/aromatic N) is 3. The van der Waals surface area contributed by atoms with Crippen LogP contribution in [0.3, 0.4) is 0 Å². The summed E-state index contributed by atoms with van der Waals surface area (Å²) in [5, 5.41) is 0.678. The van der Waals surface area contributed by atoms with E-state index in [0.29, 0.717) is 17.8 Å². The van der Waals surface area contributed by atoms with E-state index in [2.05, 4.69) is 41.1 Å². The SMILES string of the molecule is Cc1ccc(-c2c(C)sc3nc(CN4CCN(C(=O)C(C)C)CC4)[nH]c(=O)c23)cc1. The van der Waals surface area contributed by atoms with E-state index in [-0.39, 0.29) is 17.4 Å². The van der Waals surface area contributed by atoms with Gasteiger partial charge in [0.2, 0.25) is 5.91 Å². The third kappa shape index (κ3) is 4.04. The van der Waals surface area contributed by atoms with Crippen LogP contribution in [0.5, 0.6) is 0 Å². The number of aromatic nitrogens is 2. The number of aryl methyl sites for hydroxylation is 2. The van der Waals surface area contributed by atoms with Gasteiger partial charge in [0.25, 0.3) is 5.56 Å². The van der Waals surface area contributed by atoms with E-state index in [1.54, 1.807) is 11.3 Å². The fourth-order valence-corrected chi connectivity index (χ4v) is 5.07. The van der Waals surface area contributed by atoms with Crippen LogP contribution in [-0.2, 0) is 11.3 Å². The topological polar surface area (TPSA) is 69.3 Å². The molecule has 0 bridgehead atoms. The summed E-state index contributed by atoms with van der Waals surface area (Å²) in [6, 6.07) is 8.26. The molecule has 2 aromatic heterocycles. The van der Waals surface area contributed by atoms with Crippen molar-refractivity contribution in [1.82, 2.24) is 19.8 Å². The summed E-state index contributed by atoms with van der Waals surface area (Å²) in [6.07, 6.45) is 0. The van der Waals surface area contributed by atoms with Gasteiger partial charge in [0, 0.05) is 42.5 Å². The second-order valence-corrected chi connectivity index (χ2v) is 9.55. The van der Waals surface area contributed by atoms with Crippen LogP contribution in [0.25, 0.3) is 21.3 Å². The number of hydrogen-bond donors (Lipinski definition) is 1. The first-order valence-electron chi connectivity index (χ1n) is 10.4. The maximum atomic E-state index is 13.0. The number of carbonyl (C=O) groups is 1. The van der Waals surface area contributed by atoms with Crippen molar-refractivity contribution in [1.29, 1.82) is 0 Å². The molecule has 1 aliphatic rings. The number of piperazine rings is 1. The smallest absolute Gasteiger partial charge is 0.260 e. The summed E-state index contributed by atoms with van der Waals surface area (Å²) < 4.78 is 0. The van der Waals surface area contributed by atoms with Crippen molar-refractivity contribution in [2.75, 3.05) is 26.2 Å². The highest BCUT2D eigenvalue weighted by molar-refractivity contribution is 7.19. The highest BCUT2D eigenvalue weighted by Crippen LogP contribution is 2.35. The van der Waals surface area contributed by atoms with Crippen LogP contribution < -0.4 is 5.56 Å². The Kier molecular flexibility index (Phi) is 5.75. The Balaban J connectivity index is 1.56. The van der Waals surface area contributed by atoms with Crippen LogP contribution in [0.1, 0.15) is 30.1 Å². The number of H-pyrrole nitrogens is 1. The third-order valence-corrected chi connectivity index (χ3v) is 6.68. The third-order valence-electron chi connectivity index (χ3n) is 5.68. The minimum Gasteiger partial charge on any atom is -0.340 e. The molecule has 1 aliphatic heterocycles. The molecule has 1 N–H and O–H groups in total. The van der Waals surface area contributed by atoms with Crippen molar-refractivity contribution in [3.8, 4) is 11.1 Å². The van der Waals surface area contributed by atoms with Crippen molar-refractivity contribution >= 4 is 27.5 Å². The standard InChI is InChI=1S/C23H28N4O2S/c1-14(2)23(29)27-11-9-26(10-12-27)13-18-24-21(28)20-19(16(4)30-22(20)25-18)17-7-5-15(3)6-8-17/h5-8,14H,9-13H2,1-4H3,(H,24,25,28). The van der Waals surface area contributed by atoms with Crippen LogP contribution in [0.15, 0.2) is 29.1 Å². The predicted octanol–water partition coefficient (Wildman–Crippen LogP) is 3.57. The van der Waals surface area contributed by atoms with Crippen LogP contribution >= 0.6 is 11.3 Å². The number of aromatic amines is 1. The molecule has 1 saturated heterocycles. The van der Waals surface area contributed by atoms with E-state index in [0.717, 1.165) is 47.0 Å². The molecule has 0 saturated carbocycles. The largest absolute Gasteiger partial charge is 0.340 e. The molecule has 0 atom stereocenters. The second kappa shape index (κ2) is 8.32. The summed E-state index contributed by atoms with van der Waals surface area (Å²) in [5.74, 6) is 0.926. The molecule has 1 amide bonds. The maximum Gasteiger partial charge on any atom is 0.260 e. The Labute approximate surface area is 180 Å². The molecule has 3 heterocycles. The minimum atomic E-state index is -0.0800. The molecule has 1 fully saturated rings. The summed E-state index contributed by atoms with van der Waals surface area (Å²) in [4.78, 5) is 39.0. The number of fused-ring (bicyclic) bond motifs is 1. The Morgan fingerprint density at radius 1 is 1.13 bits per heavy atom. The van der Waals surface area contributed by atoms with E-state index in [9.17, 15) is 9.59 Å². The first-order valence-corrected chi connectivity index (χ1v) is 11.3. The molecule has 30 heavy (non-hydrogen) atoms. The van der Waals surface area contributed by atoms with E-state index in [1.165, 1.54) is 5.56 Å². The average molecular weight is 425 g/mol. The number of nitrogens with one attached hydrogen (secondary N) is 1. The van der Waals surface area contributed by atoms with Gasteiger partial charge in [0.1, 0.15) is 10.7 Å². The highest BCUT2D eigenvalue weighted by atomic mass is 32.1. The molecular weight excluding hydrogens is 396 g/mol. The van der Waals surface area contributed by atoms with E-state index >= 15 is 0 Å². The Bertz CT molecular complexity index is 1120. The van der Waals surface area contributed by atoms with Crippen LogP contribution in [0.2, 0.25) is 0 Å². The zero-order valence-corrected chi connectivity index (χ0v) is 18.8. The quantitative estimate of drug-likeness (QED) is 0.695. The Hall–Kier alpha value is -2.51. The van der Waals surface area contributed by atoms with Gasteiger partial charge in [0.15, 0.2) is 0 Å². The van der Waals surface area contributed by atoms with Crippen LogP contribution in [0.4, 0.5) is 0 Å². The van der Waals surface area contributed by atoms with Gasteiger partial charge in [-0.25, -0.2) is 4.98 Å². The van der Waals surface area contributed by atoms with Crippen LogP contribution in [0, 0.1) is 19.8 Å². The van der Waals surface area contributed by atoms with E-state index in [4.69, 9.17) is 4.98 Å². The van der Waals surface area contributed by atoms with Crippen molar-refractivity contribution in [2.24, 2.45) is 5.92 Å². The Morgan fingerprint density at radius 3 is 2.43 bits per heavy atom. The number of benzene rings is 1. The number of carbonyl (C=O) groups excluding carboxylic acids is 1. The van der Waals surface area contributed by atoms with Gasteiger partial charge in [-0.2, -0.15) is 0 Å². The van der Waals surface area contributed by atoms with Gasteiger partial charge in [-0.05, 0) is 19.4 Å². The fourth-order valence-electron chi connectivity index (χ4n) is 4.01. The lowest BCUT2D eigenvalue weighted by Gasteiger charge is -2.35. The first-order chi connectivity index (χ1) is 14.3. The molecule has 0 aliphatic carbocycles. The lowest BCUT2D eigenvalue weighted by molar-refractivity contribution is -0.136. The molecule has 4 rings (SSSR count). The number of amides is 1. The molecule has 0 spiro atoms. The van der Waals surface area contributed by atoms with Gasteiger partial charge in [-0.15, -0.1) is 11.3 Å². The number of hydrogen-bond acceptors (Lipinski definition) is 5. The molecule has 7 heteroatoms. The maximum absolute atomic E-state index is 13.0. The molecule has 6 nitrogen and oxygen atoms in total. The van der Waals surface area contributed by atoms with Gasteiger partial charge in [0.05, 0.1) is 11.9 Å². The predicted molar refractivity (Wildman–Crippen MR) is 122 cm³/mol. The van der Waals surface area contributed by atoms with Crippen molar-refractivity contribution < 1.29 is 4.79 Å². The average Bonchev–Trinajstić information content (AvgIpc) is 3.05. The minimum absolute atomic E-state index is 0.0294. The van der Waals surface area contributed by atoms with Gasteiger partial charge >= 0.3 is 0 Å². The van der Waals surface area contributed by atoms with Crippen LogP contribution in [-0.4, -0.2) is 51.9 Å². The first kappa shape index (κ1) is 20.8. The van der Waals surface area contributed by atoms with Crippen molar-refractivity contribution in [3.05, 3.63) is 50.9 Å². The molecule has 3 aromatic rings. The lowest BCUT2D eigenvalue weighted by atomic mass is 10.0. The summed E-state index contributed by atoms with van der Waals surface area (Å²) in [5.41, 5.74) is 3.15. The van der Waals surface area contributed by atoms with E-state index in [1.807, 2.05) is 25.7 Å². The van der Waals surface area contributed by atoms with Crippen molar-refractivity contribution in [2.45, 2.75) is 34.2 Å². The zero-order valence-electron chi connectivity index (χ0n) is 18.0.